The molecule has 2 amide bonds. The Morgan fingerprint density at radius 3 is 2.21 bits per heavy atom. The third kappa shape index (κ3) is 4.59. The summed E-state index contributed by atoms with van der Waals surface area (Å²) >= 11 is 0. The van der Waals surface area contributed by atoms with Crippen molar-refractivity contribution in [3.8, 4) is 0 Å². The number of amides is 2. The van der Waals surface area contributed by atoms with Gasteiger partial charge < -0.3 is 20.8 Å². The number of aliphatic hydroxyl groups is 1. The van der Waals surface area contributed by atoms with Gasteiger partial charge in [0.2, 0.25) is 0 Å². The van der Waals surface area contributed by atoms with E-state index in [9.17, 15) is 14.7 Å². The van der Waals surface area contributed by atoms with E-state index in [1.807, 2.05) is 19.9 Å². The Morgan fingerprint density at radius 1 is 1.21 bits per heavy atom. The number of hydrogen-bond donors (Lipinski definition) is 4. The van der Waals surface area contributed by atoms with E-state index in [4.69, 9.17) is 5.11 Å². The van der Waals surface area contributed by atoms with Crippen LogP contribution in [-0.4, -0.2) is 34.4 Å². The van der Waals surface area contributed by atoms with Crippen LogP contribution in [0.2, 0.25) is 0 Å². The fourth-order valence-corrected chi connectivity index (χ4v) is 1.55. The van der Waals surface area contributed by atoms with E-state index < -0.39 is 17.6 Å². The molecule has 0 radical (unpaired) electrons. The molecule has 104 valence electrons. The third-order valence-corrected chi connectivity index (χ3v) is 2.53. The first kappa shape index (κ1) is 15.0. The van der Waals surface area contributed by atoms with Crippen molar-refractivity contribution in [3.05, 3.63) is 29.3 Å². The highest BCUT2D eigenvalue weighted by Crippen LogP contribution is 2.13. The second-order valence-electron chi connectivity index (χ2n) is 4.76. The Labute approximate surface area is 111 Å². The summed E-state index contributed by atoms with van der Waals surface area (Å²) < 4.78 is 0. The molecule has 0 spiro atoms. The minimum absolute atomic E-state index is 0.376. The van der Waals surface area contributed by atoms with Gasteiger partial charge in [-0.1, -0.05) is 6.07 Å². The summed E-state index contributed by atoms with van der Waals surface area (Å²) in [6.45, 7) is 4.56. The molecular weight excluding hydrogens is 248 g/mol. The molecule has 1 atom stereocenters. The van der Waals surface area contributed by atoms with Gasteiger partial charge in [-0.05, 0) is 44.0 Å². The second kappa shape index (κ2) is 5.71. The van der Waals surface area contributed by atoms with Crippen molar-refractivity contribution in [3.63, 3.8) is 0 Å². The summed E-state index contributed by atoms with van der Waals surface area (Å²) in [6.07, 6.45) is 0. The number of aryl methyl sites for hydroxylation is 2. The van der Waals surface area contributed by atoms with Crippen molar-refractivity contribution < 1.29 is 19.8 Å². The lowest BCUT2D eigenvalue weighted by Crippen LogP contribution is -2.47. The van der Waals surface area contributed by atoms with Crippen LogP contribution < -0.4 is 10.6 Å². The maximum atomic E-state index is 11.6. The van der Waals surface area contributed by atoms with Gasteiger partial charge in [0.1, 0.15) is 0 Å². The molecule has 19 heavy (non-hydrogen) atoms. The number of nitrogens with one attached hydrogen (secondary N) is 2. The van der Waals surface area contributed by atoms with Crippen LogP contribution in [0.5, 0.6) is 0 Å². The van der Waals surface area contributed by atoms with Gasteiger partial charge in [-0.15, -0.1) is 0 Å². The largest absolute Gasteiger partial charge is 0.479 e. The molecule has 0 aliphatic carbocycles. The van der Waals surface area contributed by atoms with Crippen molar-refractivity contribution in [1.29, 1.82) is 0 Å². The highest BCUT2D eigenvalue weighted by Gasteiger charge is 2.30. The van der Waals surface area contributed by atoms with Crippen molar-refractivity contribution in [1.82, 2.24) is 5.32 Å². The van der Waals surface area contributed by atoms with Gasteiger partial charge in [0.25, 0.3) is 0 Å². The first-order chi connectivity index (χ1) is 8.70. The normalized spacial score (nSPS) is 13.5. The Kier molecular flexibility index (Phi) is 4.50. The summed E-state index contributed by atoms with van der Waals surface area (Å²) in [5.74, 6) is -1.39. The average Bonchev–Trinajstić information content (AvgIpc) is 2.24. The number of anilines is 1. The van der Waals surface area contributed by atoms with Gasteiger partial charge in [0, 0.05) is 5.69 Å². The molecule has 0 saturated heterocycles. The number of aliphatic carboxylic acids is 1. The van der Waals surface area contributed by atoms with Gasteiger partial charge in [0.05, 0.1) is 6.54 Å². The van der Waals surface area contributed by atoms with E-state index in [0.717, 1.165) is 18.1 Å². The van der Waals surface area contributed by atoms with E-state index in [0.29, 0.717) is 5.69 Å². The van der Waals surface area contributed by atoms with Crippen molar-refractivity contribution in [2.75, 3.05) is 11.9 Å². The molecule has 0 bridgehead atoms. The Hall–Kier alpha value is -2.08. The minimum Gasteiger partial charge on any atom is -0.479 e. The van der Waals surface area contributed by atoms with Crippen LogP contribution >= 0.6 is 0 Å². The average molecular weight is 266 g/mol. The van der Waals surface area contributed by atoms with E-state index in [1.54, 1.807) is 12.1 Å². The standard InChI is InChI=1S/C13H18N2O4/c1-8-4-9(2)6-10(5-8)15-12(18)14-7-13(3,19)11(16)17/h4-6,19H,7H2,1-3H3,(H,16,17)(H2,14,15,18). The molecule has 0 aromatic heterocycles. The molecule has 6 heteroatoms. The van der Waals surface area contributed by atoms with E-state index in [1.165, 1.54) is 0 Å². The van der Waals surface area contributed by atoms with Crippen molar-refractivity contribution in [2.24, 2.45) is 0 Å². The second-order valence-corrected chi connectivity index (χ2v) is 4.76. The van der Waals surface area contributed by atoms with E-state index in [2.05, 4.69) is 10.6 Å². The number of carboxylic acid groups (broad SMARTS) is 1. The first-order valence-electron chi connectivity index (χ1n) is 5.79. The number of hydrogen-bond acceptors (Lipinski definition) is 3. The Morgan fingerprint density at radius 2 is 1.74 bits per heavy atom. The zero-order valence-electron chi connectivity index (χ0n) is 11.2. The van der Waals surface area contributed by atoms with Crippen LogP contribution in [0.3, 0.4) is 0 Å². The maximum Gasteiger partial charge on any atom is 0.337 e. The lowest BCUT2D eigenvalue weighted by atomic mass is 10.1. The molecule has 1 aromatic rings. The monoisotopic (exact) mass is 266 g/mol. The van der Waals surface area contributed by atoms with Gasteiger partial charge in [-0.2, -0.15) is 0 Å². The van der Waals surface area contributed by atoms with Crippen molar-refractivity contribution >= 4 is 17.7 Å². The third-order valence-electron chi connectivity index (χ3n) is 2.53. The van der Waals surface area contributed by atoms with Crippen LogP contribution in [-0.2, 0) is 4.79 Å². The zero-order chi connectivity index (χ0) is 14.6. The maximum absolute atomic E-state index is 11.6. The molecule has 0 aliphatic rings. The molecule has 0 heterocycles. The van der Waals surface area contributed by atoms with Gasteiger partial charge in [-0.25, -0.2) is 9.59 Å². The lowest BCUT2D eigenvalue weighted by molar-refractivity contribution is -0.155. The molecule has 1 aromatic carbocycles. The summed E-state index contributed by atoms with van der Waals surface area (Å²) in [5.41, 5.74) is 0.644. The molecule has 6 nitrogen and oxygen atoms in total. The van der Waals surface area contributed by atoms with Gasteiger partial charge >= 0.3 is 12.0 Å². The molecule has 0 aliphatic heterocycles. The van der Waals surface area contributed by atoms with Crippen LogP contribution in [0.1, 0.15) is 18.1 Å². The Bertz CT molecular complexity index is 477. The minimum atomic E-state index is -1.99. The number of carbonyl (C=O) groups excluding carboxylic acids is 1. The van der Waals surface area contributed by atoms with Gasteiger partial charge in [0.15, 0.2) is 5.60 Å². The lowest BCUT2D eigenvalue weighted by Gasteiger charge is -2.18. The number of carbonyl (C=O) groups is 2. The predicted molar refractivity (Wildman–Crippen MR) is 71.2 cm³/mol. The van der Waals surface area contributed by atoms with E-state index >= 15 is 0 Å². The fourth-order valence-electron chi connectivity index (χ4n) is 1.55. The highest BCUT2D eigenvalue weighted by molar-refractivity contribution is 5.90. The van der Waals surface area contributed by atoms with Crippen LogP contribution in [0.25, 0.3) is 0 Å². The number of benzene rings is 1. The summed E-state index contributed by atoms with van der Waals surface area (Å²) in [5, 5.41) is 23.0. The molecule has 1 rings (SSSR count). The summed E-state index contributed by atoms with van der Waals surface area (Å²) in [4.78, 5) is 22.2. The smallest absolute Gasteiger partial charge is 0.337 e. The van der Waals surface area contributed by atoms with Crippen molar-refractivity contribution in [2.45, 2.75) is 26.4 Å². The van der Waals surface area contributed by atoms with Gasteiger partial charge in [-0.3, -0.25) is 0 Å². The van der Waals surface area contributed by atoms with Crippen LogP contribution in [0, 0.1) is 13.8 Å². The summed E-state index contributed by atoms with van der Waals surface area (Å²) in [7, 11) is 0. The Balaban J connectivity index is 2.59. The molecular formula is C13H18N2O4. The van der Waals surface area contributed by atoms with Crippen LogP contribution in [0.4, 0.5) is 10.5 Å². The van der Waals surface area contributed by atoms with E-state index in [-0.39, 0.29) is 6.54 Å². The number of rotatable bonds is 4. The zero-order valence-corrected chi connectivity index (χ0v) is 11.2. The quantitative estimate of drug-likeness (QED) is 0.659. The number of carboxylic acids is 1. The molecule has 4 N–H and O–H groups in total. The molecule has 0 saturated carbocycles. The topological polar surface area (TPSA) is 98.7 Å². The van der Waals surface area contributed by atoms with Crippen LogP contribution in [0.15, 0.2) is 18.2 Å². The molecule has 1 unspecified atom stereocenters. The highest BCUT2D eigenvalue weighted by atomic mass is 16.4. The SMILES string of the molecule is Cc1cc(C)cc(NC(=O)NCC(C)(O)C(=O)O)c1. The predicted octanol–water partition coefficient (Wildman–Crippen LogP) is 1.26. The fraction of sp³-hybridized carbons (Fsp3) is 0.385. The summed E-state index contributed by atoms with van der Waals surface area (Å²) in [6, 6.07) is 4.99. The molecule has 0 fully saturated rings. The first-order valence-corrected chi connectivity index (χ1v) is 5.79. The number of urea groups is 1.